The summed E-state index contributed by atoms with van der Waals surface area (Å²) in [5.74, 6) is -0.108. The van der Waals surface area contributed by atoms with E-state index in [2.05, 4.69) is 10.2 Å². The van der Waals surface area contributed by atoms with Crippen LogP contribution in [-0.2, 0) is 9.63 Å². The quantitative estimate of drug-likeness (QED) is 0.486. The van der Waals surface area contributed by atoms with Crippen LogP contribution in [0.4, 0.5) is 4.79 Å². The third kappa shape index (κ3) is 6.24. The number of nitrogens with zero attached hydrogens (tertiary/aromatic N) is 1. The van der Waals surface area contributed by atoms with Crippen LogP contribution in [0.5, 0.6) is 0 Å². The van der Waals surface area contributed by atoms with Gasteiger partial charge in [-0.3, -0.25) is 9.63 Å². The second-order valence-electron chi connectivity index (χ2n) is 2.76. The van der Waals surface area contributed by atoms with Gasteiger partial charge in [0.05, 0.1) is 7.11 Å². The first-order chi connectivity index (χ1) is 6.57. The predicted octanol–water partition coefficient (Wildman–Crippen LogP) is 0.444. The molecule has 0 aromatic rings. The van der Waals surface area contributed by atoms with Crippen LogP contribution in [0.1, 0.15) is 19.3 Å². The van der Waals surface area contributed by atoms with Crippen molar-refractivity contribution in [2.75, 3.05) is 20.7 Å². The first-order valence-electron chi connectivity index (χ1n) is 4.35. The molecule has 82 valence electrons. The summed E-state index contributed by atoms with van der Waals surface area (Å²) in [6, 6.07) is 0. The molecule has 0 aliphatic rings. The standard InChI is InChI=1S/C8H16N2O4/c1-10(14-2)7(11)5-3-4-6-9-8(12)13/h9H,3-6H2,1-2H3,(H,12,13). The molecule has 0 aromatic carbocycles. The average Bonchev–Trinajstić information content (AvgIpc) is 2.15. The average molecular weight is 204 g/mol. The fourth-order valence-corrected chi connectivity index (χ4v) is 0.856. The molecule has 0 atom stereocenters. The number of carboxylic acid groups (broad SMARTS) is 1. The van der Waals surface area contributed by atoms with Gasteiger partial charge in [0.1, 0.15) is 0 Å². The van der Waals surface area contributed by atoms with Crippen molar-refractivity contribution in [3.05, 3.63) is 0 Å². The van der Waals surface area contributed by atoms with E-state index in [-0.39, 0.29) is 5.91 Å². The van der Waals surface area contributed by atoms with Gasteiger partial charge in [-0.05, 0) is 12.8 Å². The van der Waals surface area contributed by atoms with E-state index >= 15 is 0 Å². The number of carbonyl (C=O) groups excluding carboxylic acids is 1. The number of hydroxylamine groups is 2. The number of nitrogens with one attached hydrogen (secondary N) is 1. The Kier molecular flexibility index (Phi) is 6.47. The molecule has 2 amide bonds. The molecule has 14 heavy (non-hydrogen) atoms. The van der Waals surface area contributed by atoms with Crippen LogP contribution in [0.15, 0.2) is 0 Å². The van der Waals surface area contributed by atoms with Crippen LogP contribution < -0.4 is 5.32 Å². The van der Waals surface area contributed by atoms with Gasteiger partial charge in [0.25, 0.3) is 0 Å². The van der Waals surface area contributed by atoms with Gasteiger partial charge < -0.3 is 10.4 Å². The maximum Gasteiger partial charge on any atom is 0.404 e. The van der Waals surface area contributed by atoms with E-state index in [0.717, 1.165) is 5.06 Å². The molecular formula is C8H16N2O4. The topological polar surface area (TPSA) is 78.9 Å². The lowest BCUT2D eigenvalue weighted by molar-refractivity contribution is -0.168. The lowest BCUT2D eigenvalue weighted by atomic mass is 10.2. The predicted molar refractivity (Wildman–Crippen MR) is 49.7 cm³/mol. The molecule has 0 fully saturated rings. The third-order valence-electron chi connectivity index (χ3n) is 1.72. The van der Waals surface area contributed by atoms with Crippen molar-refractivity contribution >= 4 is 12.0 Å². The maximum atomic E-state index is 11.1. The summed E-state index contributed by atoms with van der Waals surface area (Å²) in [7, 11) is 2.96. The molecule has 0 spiro atoms. The zero-order valence-electron chi connectivity index (χ0n) is 8.45. The number of rotatable bonds is 6. The van der Waals surface area contributed by atoms with Gasteiger partial charge in [0, 0.05) is 20.0 Å². The minimum Gasteiger partial charge on any atom is -0.465 e. The molecule has 0 heterocycles. The second kappa shape index (κ2) is 7.14. The number of hydrogen-bond donors (Lipinski definition) is 2. The van der Waals surface area contributed by atoms with Gasteiger partial charge >= 0.3 is 6.09 Å². The van der Waals surface area contributed by atoms with Crippen molar-refractivity contribution in [3.8, 4) is 0 Å². The zero-order chi connectivity index (χ0) is 11.0. The van der Waals surface area contributed by atoms with Gasteiger partial charge in [-0.25, -0.2) is 9.86 Å². The summed E-state index contributed by atoms with van der Waals surface area (Å²) in [5, 5.41) is 11.6. The van der Waals surface area contributed by atoms with Crippen LogP contribution in [0.2, 0.25) is 0 Å². The van der Waals surface area contributed by atoms with Crippen LogP contribution in [0.25, 0.3) is 0 Å². The molecule has 0 aromatic heterocycles. The monoisotopic (exact) mass is 204 g/mol. The number of unbranched alkanes of at least 4 members (excludes halogenated alkanes) is 1. The molecule has 0 bridgehead atoms. The van der Waals surface area contributed by atoms with Gasteiger partial charge in [0.15, 0.2) is 0 Å². The van der Waals surface area contributed by atoms with Gasteiger partial charge in [-0.1, -0.05) is 0 Å². The summed E-state index contributed by atoms with van der Waals surface area (Å²) in [6.45, 7) is 0.374. The first-order valence-corrected chi connectivity index (χ1v) is 4.35. The summed E-state index contributed by atoms with van der Waals surface area (Å²) < 4.78 is 0. The lowest BCUT2D eigenvalue weighted by Gasteiger charge is -2.12. The summed E-state index contributed by atoms with van der Waals surface area (Å²) in [6.07, 6.45) is 0.624. The van der Waals surface area contributed by atoms with Gasteiger partial charge in [0.2, 0.25) is 5.91 Å². The fraction of sp³-hybridized carbons (Fsp3) is 0.750. The summed E-state index contributed by atoms with van der Waals surface area (Å²) >= 11 is 0. The van der Waals surface area contributed by atoms with Gasteiger partial charge in [-0.2, -0.15) is 0 Å². The normalized spacial score (nSPS) is 9.57. The third-order valence-corrected chi connectivity index (χ3v) is 1.72. The van der Waals surface area contributed by atoms with Crippen molar-refractivity contribution in [3.63, 3.8) is 0 Å². The minimum atomic E-state index is -1.04. The fourth-order valence-electron chi connectivity index (χ4n) is 0.856. The SMILES string of the molecule is CON(C)C(=O)CCCCNC(=O)O. The van der Waals surface area contributed by atoms with Crippen molar-refractivity contribution in [1.29, 1.82) is 0 Å². The summed E-state index contributed by atoms with van der Waals surface area (Å²) in [4.78, 5) is 25.9. The maximum absolute atomic E-state index is 11.1. The lowest BCUT2D eigenvalue weighted by Crippen LogP contribution is -2.26. The summed E-state index contributed by atoms with van der Waals surface area (Å²) in [5.41, 5.74) is 0. The van der Waals surface area contributed by atoms with E-state index in [0.29, 0.717) is 25.8 Å². The highest BCUT2D eigenvalue weighted by molar-refractivity contribution is 5.74. The number of amides is 2. The Balaban J connectivity index is 3.36. The zero-order valence-corrected chi connectivity index (χ0v) is 8.45. The first kappa shape index (κ1) is 12.7. The van der Waals surface area contributed by atoms with E-state index in [1.807, 2.05) is 0 Å². The largest absolute Gasteiger partial charge is 0.465 e. The van der Waals surface area contributed by atoms with E-state index in [9.17, 15) is 9.59 Å². The van der Waals surface area contributed by atoms with Crippen LogP contribution >= 0.6 is 0 Å². The van der Waals surface area contributed by atoms with E-state index in [1.54, 1.807) is 0 Å². The second-order valence-corrected chi connectivity index (χ2v) is 2.76. The Morgan fingerprint density at radius 2 is 2.07 bits per heavy atom. The van der Waals surface area contributed by atoms with E-state index in [1.165, 1.54) is 14.2 Å². The molecule has 6 heteroatoms. The van der Waals surface area contributed by atoms with Crippen LogP contribution in [0, 0.1) is 0 Å². The molecule has 2 N–H and O–H groups in total. The van der Waals surface area contributed by atoms with Crippen LogP contribution in [0.3, 0.4) is 0 Å². The molecule has 0 unspecified atom stereocenters. The Morgan fingerprint density at radius 3 is 2.57 bits per heavy atom. The van der Waals surface area contributed by atoms with Crippen LogP contribution in [-0.4, -0.2) is 42.9 Å². The minimum absolute atomic E-state index is 0.108. The molecule has 6 nitrogen and oxygen atoms in total. The smallest absolute Gasteiger partial charge is 0.404 e. The molecule has 0 saturated carbocycles. The van der Waals surface area contributed by atoms with Crippen molar-refractivity contribution in [1.82, 2.24) is 10.4 Å². The van der Waals surface area contributed by atoms with Crippen molar-refractivity contribution in [2.24, 2.45) is 0 Å². The highest BCUT2D eigenvalue weighted by Crippen LogP contribution is 1.98. The molecule has 0 saturated heterocycles. The Labute approximate surface area is 82.8 Å². The van der Waals surface area contributed by atoms with Gasteiger partial charge in [-0.15, -0.1) is 0 Å². The van der Waals surface area contributed by atoms with Crippen molar-refractivity contribution in [2.45, 2.75) is 19.3 Å². The van der Waals surface area contributed by atoms with Crippen molar-refractivity contribution < 1.29 is 19.5 Å². The number of hydrogen-bond acceptors (Lipinski definition) is 3. The Bertz CT molecular complexity index is 196. The molecule has 0 aliphatic heterocycles. The highest BCUT2D eigenvalue weighted by atomic mass is 16.7. The molecule has 0 rings (SSSR count). The Hall–Kier alpha value is -1.30. The highest BCUT2D eigenvalue weighted by Gasteiger charge is 2.06. The number of carbonyl (C=O) groups is 2. The van der Waals surface area contributed by atoms with E-state index < -0.39 is 6.09 Å². The molecular weight excluding hydrogens is 188 g/mol. The Morgan fingerprint density at radius 1 is 1.43 bits per heavy atom. The molecule has 0 radical (unpaired) electrons. The van der Waals surface area contributed by atoms with E-state index in [4.69, 9.17) is 5.11 Å². The molecule has 0 aliphatic carbocycles.